The van der Waals surface area contributed by atoms with Crippen molar-refractivity contribution in [1.29, 1.82) is 0 Å². The summed E-state index contributed by atoms with van der Waals surface area (Å²) in [6, 6.07) is 4.07. The van der Waals surface area contributed by atoms with Crippen LogP contribution < -0.4 is 5.32 Å². The van der Waals surface area contributed by atoms with Crippen LogP contribution in [-0.4, -0.2) is 40.7 Å². The zero-order valence-corrected chi connectivity index (χ0v) is 12.9. The highest BCUT2D eigenvalue weighted by Crippen LogP contribution is 2.23. The molecule has 1 aromatic rings. The molecule has 1 amide bonds. The number of hydrogen-bond donors (Lipinski definition) is 1. The van der Waals surface area contributed by atoms with Gasteiger partial charge in [-0.1, -0.05) is 0 Å². The summed E-state index contributed by atoms with van der Waals surface area (Å²) >= 11 is 3.38. The number of halogens is 1. The van der Waals surface area contributed by atoms with Gasteiger partial charge in [-0.05, 0) is 48.8 Å². The van der Waals surface area contributed by atoms with Crippen molar-refractivity contribution in [3.8, 4) is 0 Å². The van der Waals surface area contributed by atoms with Crippen LogP contribution in [-0.2, 0) is 4.74 Å². The van der Waals surface area contributed by atoms with Crippen molar-refractivity contribution in [2.24, 2.45) is 0 Å². The first-order valence-electron chi connectivity index (χ1n) is 6.20. The number of carbonyl (C=O) groups excluding carboxylic acids is 1. The highest BCUT2D eigenvalue weighted by Gasteiger charge is 2.33. The Morgan fingerprint density at radius 3 is 2.79 bits per heavy atom. The molecule has 2 heterocycles. The Kier molecular flexibility index (Phi) is 3.99. The summed E-state index contributed by atoms with van der Waals surface area (Å²) in [4.78, 5) is 17.6. The van der Waals surface area contributed by atoms with Gasteiger partial charge < -0.3 is 15.0 Å². The molecule has 1 aliphatic rings. The SMILES string of the molecule is CC(C)(C)OC(=O)N1CC(Nc2cccnc2Br)C1. The normalized spacial score (nSPS) is 15.9. The van der Waals surface area contributed by atoms with E-state index in [1.165, 1.54) is 0 Å². The van der Waals surface area contributed by atoms with Crippen molar-refractivity contribution in [3.63, 3.8) is 0 Å². The van der Waals surface area contributed by atoms with Gasteiger partial charge in [-0.15, -0.1) is 0 Å². The molecule has 104 valence electrons. The molecule has 0 radical (unpaired) electrons. The van der Waals surface area contributed by atoms with E-state index in [0.29, 0.717) is 13.1 Å². The molecule has 1 fully saturated rings. The van der Waals surface area contributed by atoms with Crippen LogP contribution in [0, 0.1) is 0 Å². The number of nitrogens with one attached hydrogen (secondary N) is 1. The van der Waals surface area contributed by atoms with Gasteiger partial charge in [0.1, 0.15) is 10.2 Å². The lowest BCUT2D eigenvalue weighted by Gasteiger charge is -2.40. The molecular weight excluding hydrogens is 310 g/mol. The lowest BCUT2D eigenvalue weighted by Crippen LogP contribution is -2.57. The van der Waals surface area contributed by atoms with Gasteiger partial charge in [0.05, 0.1) is 11.7 Å². The molecule has 2 rings (SSSR count). The van der Waals surface area contributed by atoms with Gasteiger partial charge in [0.25, 0.3) is 0 Å². The first-order chi connectivity index (χ1) is 8.85. The first-order valence-corrected chi connectivity index (χ1v) is 6.99. The lowest BCUT2D eigenvalue weighted by molar-refractivity contribution is 0.0105. The van der Waals surface area contributed by atoms with E-state index in [9.17, 15) is 4.79 Å². The molecular formula is C13H18BrN3O2. The van der Waals surface area contributed by atoms with E-state index in [1.807, 2.05) is 32.9 Å². The van der Waals surface area contributed by atoms with Crippen molar-refractivity contribution in [2.45, 2.75) is 32.4 Å². The van der Waals surface area contributed by atoms with Crippen LogP contribution in [0.3, 0.4) is 0 Å². The summed E-state index contributed by atoms with van der Waals surface area (Å²) in [6.07, 6.45) is 1.47. The number of anilines is 1. The topological polar surface area (TPSA) is 54.5 Å². The molecule has 0 unspecified atom stereocenters. The molecule has 1 aliphatic heterocycles. The summed E-state index contributed by atoms with van der Waals surface area (Å²) in [6.45, 7) is 6.90. The Morgan fingerprint density at radius 2 is 2.21 bits per heavy atom. The molecule has 0 aromatic carbocycles. The number of rotatable bonds is 2. The number of ether oxygens (including phenoxy) is 1. The van der Waals surface area contributed by atoms with Crippen LogP contribution in [0.1, 0.15) is 20.8 Å². The lowest BCUT2D eigenvalue weighted by atomic mass is 10.1. The zero-order chi connectivity index (χ0) is 14.0. The second-order valence-corrected chi connectivity index (χ2v) is 6.32. The van der Waals surface area contributed by atoms with Gasteiger partial charge in [-0.2, -0.15) is 0 Å². The number of hydrogen-bond acceptors (Lipinski definition) is 4. The Balaban J connectivity index is 1.81. The summed E-state index contributed by atoms with van der Waals surface area (Å²) in [5, 5.41) is 3.34. The molecule has 19 heavy (non-hydrogen) atoms. The highest BCUT2D eigenvalue weighted by atomic mass is 79.9. The van der Waals surface area contributed by atoms with Crippen molar-refractivity contribution in [3.05, 3.63) is 22.9 Å². The Labute approximate surface area is 121 Å². The zero-order valence-electron chi connectivity index (χ0n) is 11.3. The van der Waals surface area contributed by atoms with Crippen molar-refractivity contribution in [2.75, 3.05) is 18.4 Å². The minimum atomic E-state index is -0.442. The van der Waals surface area contributed by atoms with Crippen LogP contribution in [0.2, 0.25) is 0 Å². The molecule has 5 nitrogen and oxygen atoms in total. The van der Waals surface area contributed by atoms with Crippen molar-refractivity contribution >= 4 is 27.7 Å². The number of amides is 1. The predicted octanol–water partition coefficient (Wildman–Crippen LogP) is 2.88. The van der Waals surface area contributed by atoms with E-state index in [0.717, 1.165) is 10.3 Å². The van der Waals surface area contributed by atoms with Crippen LogP contribution in [0.5, 0.6) is 0 Å². The van der Waals surface area contributed by atoms with Crippen LogP contribution in [0.15, 0.2) is 22.9 Å². The number of aromatic nitrogens is 1. The maximum atomic E-state index is 11.8. The average Bonchev–Trinajstić information content (AvgIpc) is 2.22. The summed E-state index contributed by atoms with van der Waals surface area (Å²) in [7, 11) is 0. The quantitative estimate of drug-likeness (QED) is 0.848. The van der Waals surface area contributed by atoms with Crippen molar-refractivity contribution in [1.82, 2.24) is 9.88 Å². The Hall–Kier alpha value is -1.30. The summed E-state index contributed by atoms with van der Waals surface area (Å²) in [5.74, 6) is 0. The van der Waals surface area contributed by atoms with E-state index in [4.69, 9.17) is 4.74 Å². The molecule has 0 saturated carbocycles. The third-order valence-corrected chi connectivity index (χ3v) is 3.28. The Bertz CT molecular complexity index is 467. The van der Waals surface area contributed by atoms with Gasteiger partial charge in [-0.25, -0.2) is 9.78 Å². The minimum absolute atomic E-state index is 0.244. The van der Waals surface area contributed by atoms with Crippen LogP contribution in [0.25, 0.3) is 0 Å². The maximum Gasteiger partial charge on any atom is 0.410 e. The molecule has 1 saturated heterocycles. The fourth-order valence-electron chi connectivity index (χ4n) is 1.76. The monoisotopic (exact) mass is 327 g/mol. The third-order valence-electron chi connectivity index (χ3n) is 2.65. The minimum Gasteiger partial charge on any atom is -0.444 e. The smallest absolute Gasteiger partial charge is 0.410 e. The van der Waals surface area contributed by atoms with Gasteiger partial charge in [-0.3, -0.25) is 0 Å². The molecule has 0 bridgehead atoms. The maximum absolute atomic E-state index is 11.8. The second kappa shape index (κ2) is 5.36. The van der Waals surface area contributed by atoms with E-state index in [2.05, 4.69) is 26.2 Å². The molecule has 6 heteroatoms. The molecule has 1 aromatic heterocycles. The van der Waals surface area contributed by atoms with Crippen LogP contribution in [0.4, 0.5) is 10.5 Å². The molecule has 0 atom stereocenters. The average molecular weight is 328 g/mol. The Morgan fingerprint density at radius 1 is 1.53 bits per heavy atom. The predicted molar refractivity (Wildman–Crippen MR) is 77.2 cm³/mol. The third kappa shape index (κ3) is 3.83. The number of nitrogens with zero attached hydrogens (tertiary/aromatic N) is 2. The fourth-order valence-corrected chi connectivity index (χ4v) is 2.12. The first kappa shape index (κ1) is 14.1. The van der Waals surface area contributed by atoms with E-state index < -0.39 is 5.60 Å². The largest absolute Gasteiger partial charge is 0.444 e. The van der Waals surface area contributed by atoms with E-state index >= 15 is 0 Å². The van der Waals surface area contributed by atoms with E-state index in [1.54, 1.807) is 11.1 Å². The standard InChI is InChI=1S/C13H18BrN3O2/c1-13(2,3)19-12(18)17-7-9(8-17)16-10-5-4-6-15-11(10)14/h4-6,9,16H,7-8H2,1-3H3. The van der Waals surface area contributed by atoms with Crippen LogP contribution >= 0.6 is 15.9 Å². The summed E-state index contributed by atoms with van der Waals surface area (Å²) < 4.78 is 6.08. The summed E-state index contributed by atoms with van der Waals surface area (Å²) in [5.41, 5.74) is 0.499. The number of carbonyl (C=O) groups is 1. The number of pyridine rings is 1. The van der Waals surface area contributed by atoms with Crippen molar-refractivity contribution < 1.29 is 9.53 Å². The van der Waals surface area contributed by atoms with E-state index in [-0.39, 0.29) is 12.1 Å². The number of likely N-dealkylation sites (tertiary alicyclic amines) is 1. The second-order valence-electron chi connectivity index (χ2n) is 5.57. The van der Waals surface area contributed by atoms with Gasteiger partial charge in [0.2, 0.25) is 0 Å². The molecule has 0 aliphatic carbocycles. The highest BCUT2D eigenvalue weighted by molar-refractivity contribution is 9.10. The molecule has 0 spiro atoms. The van der Waals surface area contributed by atoms with Gasteiger partial charge >= 0.3 is 6.09 Å². The van der Waals surface area contributed by atoms with Gasteiger partial charge in [0, 0.05) is 19.3 Å². The van der Waals surface area contributed by atoms with Gasteiger partial charge in [0.15, 0.2) is 0 Å². The molecule has 1 N–H and O–H groups in total. The fraction of sp³-hybridized carbons (Fsp3) is 0.538.